The first-order valence-corrected chi connectivity index (χ1v) is 4.88. The van der Waals surface area contributed by atoms with Crippen molar-refractivity contribution in [3.63, 3.8) is 0 Å². The molecule has 90 valence electrons. The molecule has 6 heteroatoms. The second-order valence-electron chi connectivity index (χ2n) is 3.70. The fourth-order valence-corrected chi connectivity index (χ4v) is 1.67. The van der Waals surface area contributed by atoms with E-state index in [2.05, 4.69) is 10.2 Å². The topological polar surface area (TPSA) is 54.7 Å². The van der Waals surface area contributed by atoms with Gasteiger partial charge in [-0.05, 0) is 24.6 Å². The Hall–Kier alpha value is -1.98. The first-order chi connectivity index (χ1) is 7.99. The zero-order chi connectivity index (χ0) is 12.6. The van der Waals surface area contributed by atoms with E-state index < -0.39 is 17.8 Å². The Labute approximate surface area is 95.5 Å². The van der Waals surface area contributed by atoms with Gasteiger partial charge in [-0.15, -0.1) is 0 Å². The number of rotatable bonds is 2. The van der Waals surface area contributed by atoms with Crippen LogP contribution >= 0.6 is 0 Å². The van der Waals surface area contributed by atoms with Crippen molar-refractivity contribution in [1.29, 1.82) is 0 Å². The Kier molecular flexibility index (Phi) is 2.79. The van der Waals surface area contributed by atoms with E-state index >= 15 is 0 Å². The van der Waals surface area contributed by atoms with Crippen molar-refractivity contribution in [2.75, 3.05) is 5.73 Å². The van der Waals surface area contributed by atoms with Crippen molar-refractivity contribution >= 4 is 5.82 Å². The quantitative estimate of drug-likeness (QED) is 0.849. The van der Waals surface area contributed by atoms with Crippen molar-refractivity contribution in [1.82, 2.24) is 10.2 Å². The molecule has 0 amide bonds. The van der Waals surface area contributed by atoms with Gasteiger partial charge in [0.15, 0.2) is 0 Å². The molecule has 0 atom stereocenters. The van der Waals surface area contributed by atoms with E-state index in [1.165, 1.54) is 19.1 Å². The number of nitrogens with two attached hydrogens (primary N) is 1. The molecule has 3 N–H and O–H groups in total. The van der Waals surface area contributed by atoms with Crippen LogP contribution in [0.25, 0.3) is 11.3 Å². The molecule has 2 rings (SSSR count). The van der Waals surface area contributed by atoms with Crippen molar-refractivity contribution in [3.8, 4) is 11.3 Å². The van der Waals surface area contributed by atoms with Gasteiger partial charge in [0.25, 0.3) is 6.43 Å². The molecular weight excluding hydrogens is 231 g/mol. The van der Waals surface area contributed by atoms with Gasteiger partial charge in [0, 0.05) is 11.6 Å². The van der Waals surface area contributed by atoms with Gasteiger partial charge in [0.2, 0.25) is 0 Å². The third-order valence-corrected chi connectivity index (χ3v) is 2.46. The standard InChI is InChI=1S/C11H10F3N3/c1-5-2-6(8-4-9(15)17-16-8)3-7(12)10(5)11(13)14/h2-4,11H,1H3,(H3,15,16,17). The van der Waals surface area contributed by atoms with Crippen LogP contribution in [0.3, 0.4) is 0 Å². The van der Waals surface area contributed by atoms with E-state index in [-0.39, 0.29) is 11.4 Å². The van der Waals surface area contributed by atoms with Gasteiger partial charge >= 0.3 is 0 Å². The first-order valence-electron chi connectivity index (χ1n) is 4.88. The van der Waals surface area contributed by atoms with Crippen LogP contribution in [0.15, 0.2) is 18.2 Å². The van der Waals surface area contributed by atoms with Crippen LogP contribution in [0, 0.1) is 12.7 Å². The Morgan fingerprint density at radius 3 is 2.47 bits per heavy atom. The smallest absolute Gasteiger partial charge is 0.266 e. The van der Waals surface area contributed by atoms with Gasteiger partial charge in [-0.25, -0.2) is 13.2 Å². The lowest BCUT2D eigenvalue weighted by Gasteiger charge is -2.08. The average molecular weight is 241 g/mol. The number of aromatic amines is 1. The number of nitrogens with one attached hydrogen (secondary N) is 1. The maximum absolute atomic E-state index is 13.5. The van der Waals surface area contributed by atoms with Crippen LogP contribution in [-0.4, -0.2) is 10.2 Å². The minimum absolute atomic E-state index is 0.197. The molecule has 0 unspecified atom stereocenters. The molecule has 0 bridgehead atoms. The summed E-state index contributed by atoms with van der Waals surface area (Å²) in [5.74, 6) is -0.667. The molecule has 0 fully saturated rings. The monoisotopic (exact) mass is 241 g/mol. The van der Waals surface area contributed by atoms with Gasteiger partial charge < -0.3 is 5.73 Å². The second kappa shape index (κ2) is 4.12. The third kappa shape index (κ3) is 2.11. The molecule has 0 aliphatic heterocycles. The van der Waals surface area contributed by atoms with E-state index in [1.54, 1.807) is 0 Å². The zero-order valence-corrected chi connectivity index (χ0v) is 8.97. The Morgan fingerprint density at radius 2 is 2.00 bits per heavy atom. The molecule has 0 saturated heterocycles. The van der Waals surface area contributed by atoms with E-state index in [0.29, 0.717) is 11.3 Å². The highest BCUT2D eigenvalue weighted by Crippen LogP contribution is 2.30. The van der Waals surface area contributed by atoms with Crippen LogP contribution in [0.2, 0.25) is 0 Å². The summed E-state index contributed by atoms with van der Waals surface area (Å²) in [6, 6.07) is 4.02. The highest BCUT2D eigenvalue weighted by molar-refractivity contribution is 5.63. The average Bonchev–Trinajstić information content (AvgIpc) is 2.63. The number of hydrogen-bond donors (Lipinski definition) is 2. The number of alkyl halides is 2. The molecule has 0 radical (unpaired) electrons. The zero-order valence-electron chi connectivity index (χ0n) is 8.97. The summed E-state index contributed by atoms with van der Waals surface area (Å²) in [5, 5.41) is 6.29. The van der Waals surface area contributed by atoms with E-state index in [9.17, 15) is 13.2 Å². The number of nitrogens with zero attached hydrogens (tertiary/aromatic N) is 1. The normalized spacial score (nSPS) is 11.1. The van der Waals surface area contributed by atoms with E-state index in [4.69, 9.17) is 5.73 Å². The molecule has 0 spiro atoms. The van der Waals surface area contributed by atoms with Gasteiger partial charge in [-0.3, -0.25) is 5.10 Å². The Balaban J connectivity index is 2.52. The van der Waals surface area contributed by atoms with Crippen molar-refractivity contribution in [2.45, 2.75) is 13.3 Å². The largest absolute Gasteiger partial charge is 0.382 e. The predicted molar refractivity (Wildman–Crippen MR) is 58.1 cm³/mol. The maximum Gasteiger partial charge on any atom is 0.266 e. The number of nitrogen functional groups attached to an aromatic ring is 1. The third-order valence-electron chi connectivity index (χ3n) is 2.46. The fourth-order valence-electron chi connectivity index (χ4n) is 1.67. The number of H-pyrrole nitrogens is 1. The fraction of sp³-hybridized carbons (Fsp3) is 0.182. The maximum atomic E-state index is 13.5. The van der Waals surface area contributed by atoms with Crippen molar-refractivity contribution < 1.29 is 13.2 Å². The van der Waals surface area contributed by atoms with Crippen LogP contribution < -0.4 is 5.73 Å². The summed E-state index contributed by atoms with van der Waals surface area (Å²) in [6.45, 7) is 1.44. The molecule has 0 aliphatic carbocycles. The van der Waals surface area contributed by atoms with Gasteiger partial charge in [-0.1, -0.05) is 0 Å². The van der Waals surface area contributed by atoms with Crippen LogP contribution in [0.1, 0.15) is 17.6 Å². The van der Waals surface area contributed by atoms with Gasteiger partial charge in [-0.2, -0.15) is 5.10 Å². The SMILES string of the molecule is Cc1cc(-c2cc(N)n[nH]2)cc(F)c1C(F)F. The number of aryl methyl sites for hydroxylation is 1. The highest BCUT2D eigenvalue weighted by atomic mass is 19.3. The molecule has 0 saturated carbocycles. The summed E-state index contributed by atoms with van der Waals surface area (Å²) < 4.78 is 38.6. The van der Waals surface area contributed by atoms with Crippen molar-refractivity contribution in [2.24, 2.45) is 0 Å². The minimum Gasteiger partial charge on any atom is -0.382 e. The van der Waals surface area contributed by atoms with E-state index in [0.717, 1.165) is 6.07 Å². The number of halogens is 3. The lowest BCUT2D eigenvalue weighted by molar-refractivity contribution is 0.145. The Bertz CT molecular complexity index is 526. The molecule has 2 aromatic rings. The Morgan fingerprint density at radius 1 is 1.29 bits per heavy atom. The number of hydrogen-bond acceptors (Lipinski definition) is 2. The molecule has 17 heavy (non-hydrogen) atoms. The van der Waals surface area contributed by atoms with Crippen LogP contribution in [-0.2, 0) is 0 Å². The number of aromatic nitrogens is 2. The molecule has 1 aromatic heterocycles. The second-order valence-corrected chi connectivity index (χ2v) is 3.70. The molecular formula is C11H10F3N3. The number of anilines is 1. The van der Waals surface area contributed by atoms with E-state index in [1.807, 2.05) is 0 Å². The molecule has 0 aliphatic rings. The van der Waals surface area contributed by atoms with Gasteiger partial charge in [0.05, 0.1) is 11.3 Å². The predicted octanol–water partition coefficient (Wildman–Crippen LogP) is 3.04. The van der Waals surface area contributed by atoms with Crippen LogP contribution in [0.4, 0.5) is 19.0 Å². The lowest BCUT2D eigenvalue weighted by Crippen LogP contribution is -1.96. The summed E-state index contributed by atoms with van der Waals surface area (Å²) in [7, 11) is 0. The summed E-state index contributed by atoms with van der Waals surface area (Å²) in [6.07, 6.45) is -2.82. The highest BCUT2D eigenvalue weighted by Gasteiger charge is 2.18. The molecule has 1 heterocycles. The minimum atomic E-state index is -2.82. The lowest BCUT2D eigenvalue weighted by atomic mass is 10.0. The van der Waals surface area contributed by atoms with Crippen LogP contribution in [0.5, 0.6) is 0 Å². The first kappa shape index (κ1) is 11.5. The molecule has 3 nitrogen and oxygen atoms in total. The summed E-state index contributed by atoms with van der Waals surface area (Å²) in [5.41, 5.74) is 5.97. The molecule has 1 aromatic carbocycles. The summed E-state index contributed by atoms with van der Waals surface area (Å²) >= 11 is 0. The summed E-state index contributed by atoms with van der Waals surface area (Å²) in [4.78, 5) is 0. The van der Waals surface area contributed by atoms with Gasteiger partial charge in [0.1, 0.15) is 11.6 Å². The van der Waals surface area contributed by atoms with Crippen molar-refractivity contribution in [3.05, 3.63) is 35.1 Å². The number of benzene rings is 1.